The summed E-state index contributed by atoms with van der Waals surface area (Å²) in [4.78, 5) is 28.1. The zero-order valence-electron chi connectivity index (χ0n) is 16.5. The number of halogens is 2. The lowest BCUT2D eigenvalue weighted by Gasteiger charge is -2.32. The number of pyridine rings is 1. The van der Waals surface area contributed by atoms with Crippen LogP contribution < -0.4 is 10.2 Å². The monoisotopic (exact) mass is 425 g/mol. The third-order valence-corrected chi connectivity index (χ3v) is 5.43. The number of rotatable bonds is 4. The lowest BCUT2D eigenvalue weighted by molar-refractivity contribution is -0.120. The molecule has 154 valence electrons. The van der Waals surface area contributed by atoms with Crippen molar-refractivity contribution in [1.29, 1.82) is 0 Å². The van der Waals surface area contributed by atoms with E-state index in [9.17, 15) is 9.18 Å². The van der Waals surface area contributed by atoms with Gasteiger partial charge in [-0.2, -0.15) is 0 Å². The van der Waals surface area contributed by atoms with Gasteiger partial charge in [0.25, 0.3) is 0 Å². The molecule has 0 spiro atoms. The lowest BCUT2D eigenvalue weighted by Crippen LogP contribution is -2.38. The minimum atomic E-state index is -0.506. The van der Waals surface area contributed by atoms with Gasteiger partial charge in [-0.25, -0.2) is 14.4 Å². The third-order valence-electron chi connectivity index (χ3n) is 5.14. The Bertz CT molecular complexity index is 1050. The molecular weight excluding hydrogens is 405 g/mol. The van der Waals surface area contributed by atoms with E-state index in [2.05, 4.69) is 20.2 Å². The van der Waals surface area contributed by atoms with Gasteiger partial charge in [-0.05, 0) is 50.1 Å². The Balaban J connectivity index is 1.41. The van der Waals surface area contributed by atoms with Crippen molar-refractivity contribution in [3.8, 4) is 11.4 Å². The van der Waals surface area contributed by atoms with Gasteiger partial charge >= 0.3 is 0 Å². The van der Waals surface area contributed by atoms with Crippen LogP contribution in [0.15, 0.2) is 48.8 Å². The molecule has 1 fully saturated rings. The molecule has 3 heterocycles. The standard InChI is InChI=1S/C22H21ClFN5O/c1-14-11-20(28-21(26-14)16-3-2-8-25-13-16)29-9-6-15(7-10-29)22(30)27-17-4-5-19(24)18(23)12-17/h2-5,8,11-13,15H,6-7,9-10H2,1H3,(H,27,30). The number of piperidine rings is 1. The SMILES string of the molecule is Cc1cc(N2CCC(C(=O)Nc3ccc(F)c(Cl)c3)CC2)nc(-c2cccnc2)n1. The van der Waals surface area contributed by atoms with E-state index in [0.29, 0.717) is 37.4 Å². The second kappa shape index (κ2) is 8.75. The zero-order valence-corrected chi connectivity index (χ0v) is 17.2. The normalized spacial score (nSPS) is 14.6. The van der Waals surface area contributed by atoms with Crippen LogP contribution in [0.4, 0.5) is 15.9 Å². The van der Waals surface area contributed by atoms with Crippen molar-refractivity contribution >= 4 is 29.0 Å². The molecule has 1 aliphatic heterocycles. The number of hydrogen-bond acceptors (Lipinski definition) is 5. The molecule has 2 aromatic heterocycles. The number of nitrogens with zero attached hydrogens (tertiary/aromatic N) is 4. The van der Waals surface area contributed by atoms with E-state index >= 15 is 0 Å². The quantitative estimate of drug-likeness (QED) is 0.666. The zero-order chi connectivity index (χ0) is 21.1. The number of aromatic nitrogens is 3. The number of anilines is 2. The van der Waals surface area contributed by atoms with E-state index in [4.69, 9.17) is 16.6 Å². The summed E-state index contributed by atoms with van der Waals surface area (Å²) in [5, 5.41) is 2.82. The van der Waals surface area contributed by atoms with Crippen molar-refractivity contribution in [2.75, 3.05) is 23.3 Å². The Kier molecular flexibility index (Phi) is 5.90. The molecule has 0 bridgehead atoms. The van der Waals surface area contributed by atoms with Crippen molar-refractivity contribution in [1.82, 2.24) is 15.0 Å². The number of carbonyl (C=O) groups is 1. The van der Waals surface area contributed by atoms with Crippen molar-refractivity contribution in [3.63, 3.8) is 0 Å². The van der Waals surface area contributed by atoms with E-state index in [1.165, 1.54) is 18.2 Å². The first-order chi connectivity index (χ1) is 14.5. The molecule has 1 N–H and O–H groups in total. The highest BCUT2D eigenvalue weighted by Gasteiger charge is 2.26. The summed E-state index contributed by atoms with van der Waals surface area (Å²) in [6.07, 6.45) is 4.87. The molecular formula is C22H21ClFN5O. The topological polar surface area (TPSA) is 71.0 Å². The average Bonchev–Trinajstić information content (AvgIpc) is 2.76. The van der Waals surface area contributed by atoms with Crippen LogP contribution in [0.1, 0.15) is 18.5 Å². The Morgan fingerprint density at radius 3 is 2.70 bits per heavy atom. The fourth-order valence-corrected chi connectivity index (χ4v) is 3.71. The summed E-state index contributed by atoms with van der Waals surface area (Å²) < 4.78 is 13.3. The second-order valence-corrected chi connectivity index (χ2v) is 7.72. The molecule has 6 nitrogen and oxygen atoms in total. The summed E-state index contributed by atoms with van der Waals surface area (Å²) in [5.41, 5.74) is 2.25. The molecule has 0 radical (unpaired) electrons. The highest BCUT2D eigenvalue weighted by molar-refractivity contribution is 6.31. The molecule has 3 aromatic rings. The van der Waals surface area contributed by atoms with Crippen LogP contribution >= 0.6 is 11.6 Å². The molecule has 0 aliphatic carbocycles. The van der Waals surface area contributed by atoms with Crippen LogP contribution in [0.2, 0.25) is 5.02 Å². The molecule has 1 aromatic carbocycles. The number of carbonyl (C=O) groups excluding carboxylic acids is 1. The lowest BCUT2D eigenvalue weighted by atomic mass is 9.95. The van der Waals surface area contributed by atoms with Crippen LogP contribution in [0.25, 0.3) is 11.4 Å². The molecule has 1 amide bonds. The van der Waals surface area contributed by atoms with Crippen LogP contribution in [-0.4, -0.2) is 33.9 Å². The minimum absolute atomic E-state index is 0.00818. The van der Waals surface area contributed by atoms with E-state index < -0.39 is 5.82 Å². The number of aryl methyl sites for hydroxylation is 1. The first-order valence-corrected chi connectivity index (χ1v) is 10.1. The predicted molar refractivity (Wildman–Crippen MR) is 115 cm³/mol. The fourth-order valence-electron chi connectivity index (χ4n) is 3.53. The molecule has 1 aliphatic rings. The molecule has 0 atom stereocenters. The van der Waals surface area contributed by atoms with E-state index in [1.54, 1.807) is 12.4 Å². The Hall–Kier alpha value is -3.06. The van der Waals surface area contributed by atoms with Gasteiger partial charge in [0.2, 0.25) is 5.91 Å². The van der Waals surface area contributed by atoms with Crippen molar-refractivity contribution in [2.45, 2.75) is 19.8 Å². The van der Waals surface area contributed by atoms with Crippen LogP contribution in [0, 0.1) is 18.7 Å². The highest BCUT2D eigenvalue weighted by Crippen LogP contribution is 2.26. The summed E-state index contributed by atoms with van der Waals surface area (Å²) >= 11 is 5.79. The first-order valence-electron chi connectivity index (χ1n) is 9.76. The first kappa shape index (κ1) is 20.2. The van der Waals surface area contributed by atoms with Crippen LogP contribution in [-0.2, 0) is 4.79 Å². The Labute approximate surface area is 179 Å². The Morgan fingerprint density at radius 1 is 1.20 bits per heavy atom. The van der Waals surface area contributed by atoms with Crippen LogP contribution in [0.5, 0.6) is 0 Å². The predicted octanol–water partition coefficient (Wildman–Crippen LogP) is 4.49. The summed E-state index contributed by atoms with van der Waals surface area (Å²) in [5.74, 6) is 0.795. The van der Waals surface area contributed by atoms with Gasteiger partial charge in [-0.15, -0.1) is 0 Å². The van der Waals surface area contributed by atoms with Crippen molar-refractivity contribution in [2.24, 2.45) is 5.92 Å². The average molecular weight is 426 g/mol. The van der Waals surface area contributed by atoms with Gasteiger partial charge in [-0.1, -0.05) is 11.6 Å². The maximum absolute atomic E-state index is 13.3. The third kappa shape index (κ3) is 4.57. The fraction of sp³-hybridized carbons (Fsp3) is 0.273. The molecule has 8 heteroatoms. The van der Waals surface area contributed by atoms with Gasteiger partial charge in [0.15, 0.2) is 5.82 Å². The van der Waals surface area contributed by atoms with Crippen molar-refractivity contribution < 1.29 is 9.18 Å². The largest absolute Gasteiger partial charge is 0.356 e. The van der Waals surface area contributed by atoms with Gasteiger partial charge in [-0.3, -0.25) is 9.78 Å². The number of benzene rings is 1. The van der Waals surface area contributed by atoms with E-state index in [0.717, 1.165) is 17.1 Å². The highest BCUT2D eigenvalue weighted by atomic mass is 35.5. The van der Waals surface area contributed by atoms with Crippen molar-refractivity contribution in [3.05, 3.63) is 65.3 Å². The van der Waals surface area contributed by atoms with Crippen LogP contribution in [0.3, 0.4) is 0 Å². The van der Waals surface area contributed by atoms with E-state index in [-0.39, 0.29) is 16.8 Å². The Morgan fingerprint density at radius 2 is 2.00 bits per heavy atom. The number of amides is 1. The maximum Gasteiger partial charge on any atom is 0.227 e. The molecule has 4 rings (SSSR count). The molecule has 1 saturated heterocycles. The summed E-state index contributed by atoms with van der Waals surface area (Å²) in [6, 6.07) is 9.94. The van der Waals surface area contributed by atoms with Gasteiger partial charge in [0, 0.05) is 54.4 Å². The second-order valence-electron chi connectivity index (χ2n) is 7.31. The van der Waals surface area contributed by atoms with Gasteiger partial charge in [0.05, 0.1) is 5.02 Å². The number of nitrogens with one attached hydrogen (secondary N) is 1. The van der Waals surface area contributed by atoms with E-state index in [1.807, 2.05) is 25.1 Å². The maximum atomic E-state index is 13.3. The van der Waals surface area contributed by atoms with Gasteiger partial charge < -0.3 is 10.2 Å². The minimum Gasteiger partial charge on any atom is -0.356 e. The summed E-state index contributed by atoms with van der Waals surface area (Å²) in [7, 11) is 0. The summed E-state index contributed by atoms with van der Waals surface area (Å²) in [6.45, 7) is 3.37. The molecule has 0 unspecified atom stereocenters. The smallest absolute Gasteiger partial charge is 0.227 e. The molecule has 0 saturated carbocycles. The molecule has 30 heavy (non-hydrogen) atoms. The van der Waals surface area contributed by atoms with Gasteiger partial charge in [0.1, 0.15) is 11.6 Å². The number of hydrogen-bond donors (Lipinski definition) is 1.